The summed E-state index contributed by atoms with van der Waals surface area (Å²) in [6.07, 6.45) is 4.75. The zero-order chi connectivity index (χ0) is 13.7. The summed E-state index contributed by atoms with van der Waals surface area (Å²) >= 11 is 1.66. The van der Waals surface area contributed by atoms with Gasteiger partial charge in [-0.15, -0.1) is 11.3 Å². The summed E-state index contributed by atoms with van der Waals surface area (Å²) in [5.41, 5.74) is 1.05. The lowest BCUT2D eigenvalue weighted by Crippen LogP contribution is -2.33. The standard InChI is InChI=1S/C14H24N2O2S/c1-10-9-19-14(16-10)11(2)15-7-12(17)8-18-13-5-3-4-6-13/h9,11-13,15,17H,3-8H2,1-2H3. The molecule has 0 aromatic carbocycles. The molecular weight excluding hydrogens is 260 g/mol. The number of hydrogen-bond donors (Lipinski definition) is 2. The van der Waals surface area contributed by atoms with E-state index in [2.05, 4.69) is 17.2 Å². The molecular formula is C14H24N2O2S. The molecule has 5 heteroatoms. The van der Waals surface area contributed by atoms with Crippen LogP contribution >= 0.6 is 11.3 Å². The molecule has 0 spiro atoms. The highest BCUT2D eigenvalue weighted by Gasteiger charge is 2.17. The molecule has 0 radical (unpaired) electrons. The fourth-order valence-corrected chi connectivity index (χ4v) is 3.16. The minimum Gasteiger partial charge on any atom is -0.389 e. The van der Waals surface area contributed by atoms with E-state index in [4.69, 9.17) is 4.74 Å². The van der Waals surface area contributed by atoms with Crippen LogP contribution in [0.5, 0.6) is 0 Å². The highest BCUT2D eigenvalue weighted by molar-refractivity contribution is 7.09. The number of ether oxygens (including phenoxy) is 1. The highest BCUT2D eigenvalue weighted by atomic mass is 32.1. The number of aryl methyl sites for hydroxylation is 1. The fourth-order valence-electron chi connectivity index (χ4n) is 2.33. The Morgan fingerprint density at radius 1 is 1.53 bits per heavy atom. The molecule has 19 heavy (non-hydrogen) atoms. The summed E-state index contributed by atoms with van der Waals surface area (Å²) in [6.45, 7) is 5.05. The molecule has 0 bridgehead atoms. The maximum Gasteiger partial charge on any atom is 0.110 e. The molecule has 2 rings (SSSR count). The molecule has 0 aliphatic heterocycles. The zero-order valence-corrected chi connectivity index (χ0v) is 12.6. The first-order valence-electron chi connectivity index (χ1n) is 7.10. The van der Waals surface area contributed by atoms with Crippen molar-refractivity contribution in [3.8, 4) is 0 Å². The molecule has 1 aromatic rings. The molecule has 4 nitrogen and oxygen atoms in total. The summed E-state index contributed by atoms with van der Waals surface area (Å²) in [7, 11) is 0. The quantitative estimate of drug-likeness (QED) is 0.807. The summed E-state index contributed by atoms with van der Waals surface area (Å²) in [4.78, 5) is 4.44. The first kappa shape index (κ1) is 14.9. The van der Waals surface area contributed by atoms with Crippen LogP contribution in [0.3, 0.4) is 0 Å². The third-order valence-corrected chi connectivity index (χ3v) is 4.64. The summed E-state index contributed by atoms with van der Waals surface area (Å²) < 4.78 is 5.70. The van der Waals surface area contributed by atoms with E-state index in [0.29, 0.717) is 19.3 Å². The van der Waals surface area contributed by atoms with E-state index in [-0.39, 0.29) is 6.04 Å². The van der Waals surface area contributed by atoms with E-state index in [0.717, 1.165) is 23.5 Å². The van der Waals surface area contributed by atoms with Crippen LogP contribution in [0.1, 0.15) is 49.4 Å². The van der Waals surface area contributed by atoms with Crippen LogP contribution in [0.15, 0.2) is 5.38 Å². The maximum atomic E-state index is 9.91. The summed E-state index contributed by atoms with van der Waals surface area (Å²) in [6, 6.07) is 0.180. The van der Waals surface area contributed by atoms with Crippen molar-refractivity contribution < 1.29 is 9.84 Å². The third kappa shape index (κ3) is 4.84. The van der Waals surface area contributed by atoms with Crippen molar-refractivity contribution in [2.75, 3.05) is 13.2 Å². The molecule has 2 N–H and O–H groups in total. The van der Waals surface area contributed by atoms with Gasteiger partial charge in [0.25, 0.3) is 0 Å². The van der Waals surface area contributed by atoms with Gasteiger partial charge in [0, 0.05) is 17.6 Å². The lowest BCUT2D eigenvalue weighted by molar-refractivity contribution is -0.00610. The smallest absolute Gasteiger partial charge is 0.110 e. The average Bonchev–Trinajstić information content (AvgIpc) is 3.04. The molecule has 0 saturated heterocycles. The Morgan fingerprint density at radius 2 is 2.26 bits per heavy atom. The Bertz CT molecular complexity index is 377. The molecule has 1 fully saturated rings. The number of aliphatic hydroxyl groups excluding tert-OH is 1. The third-order valence-electron chi connectivity index (χ3n) is 3.49. The Kier molecular flexibility index (Phi) is 5.76. The second kappa shape index (κ2) is 7.33. The number of thiazole rings is 1. The van der Waals surface area contributed by atoms with Crippen LogP contribution in [-0.2, 0) is 4.74 Å². The Labute approximate surface area is 119 Å². The van der Waals surface area contributed by atoms with E-state index in [1.807, 2.05) is 12.3 Å². The number of nitrogens with zero attached hydrogens (tertiary/aromatic N) is 1. The number of hydrogen-bond acceptors (Lipinski definition) is 5. The maximum absolute atomic E-state index is 9.91. The van der Waals surface area contributed by atoms with Crippen LogP contribution in [0, 0.1) is 6.92 Å². The Hall–Kier alpha value is -0.490. The van der Waals surface area contributed by atoms with Gasteiger partial charge in [-0.2, -0.15) is 0 Å². The average molecular weight is 284 g/mol. The monoisotopic (exact) mass is 284 g/mol. The van der Waals surface area contributed by atoms with Gasteiger partial charge in [0.1, 0.15) is 5.01 Å². The van der Waals surface area contributed by atoms with E-state index in [1.54, 1.807) is 11.3 Å². The van der Waals surface area contributed by atoms with Crippen LogP contribution in [0.25, 0.3) is 0 Å². The molecule has 108 valence electrons. The van der Waals surface area contributed by atoms with E-state index >= 15 is 0 Å². The van der Waals surface area contributed by atoms with Gasteiger partial charge in [-0.1, -0.05) is 12.8 Å². The Morgan fingerprint density at radius 3 is 2.89 bits per heavy atom. The summed E-state index contributed by atoms with van der Waals surface area (Å²) in [5, 5.41) is 16.3. The van der Waals surface area contributed by atoms with Crippen molar-refractivity contribution in [1.29, 1.82) is 0 Å². The highest BCUT2D eigenvalue weighted by Crippen LogP contribution is 2.21. The predicted molar refractivity (Wildman–Crippen MR) is 77.5 cm³/mol. The van der Waals surface area contributed by atoms with Crippen molar-refractivity contribution in [3.63, 3.8) is 0 Å². The first-order chi connectivity index (χ1) is 9.15. The minimum absolute atomic E-state index is 0.180. The van der Waals surface area contributed by atoms with Gasteiger partial charge in [0.15, 0.2) is 0 Å². The lowest BCUT2D eigenvalue weighted by Gasteiger charge is -2.18. The molecule has 1 heterocycles. The van der Waals surface area contributed by atoms with Gasteiger partial charge < -0.3 is 15.2 Å². The van der Waals surface area contributed by atoms with Crippen molar-refractivity contribution >= 4 is 11.3 Å². The molecule has 1 saturated carbocycles. The van der Waals surface area contributed by atoms with Gasteiger partial charge in [-0.25, -0.2) is 4.98 Å². The van der Waals surface area contributed by atoms with Gasteiger partial charge in [-0.3, -0.25) is 0 Å². The minimum atomic E-state index is -0.441. The molecule has 1 aliphatic rings. The zero-order valence-electron chi connectivity index (χ0n) is 11.8. The first-order valence-corrected chi connectivity index (χ1v) is 7.98. The lowest BCUT2D eigenvalue weighted by atomic mass is 10.3. The number of nitrogens with one attached hydrogen (secondary N) is 1. The van der Waals surface area contributed by atoms with Gasteiger partial charge in [-0.05, 0) is 26.7 Å². The fraction of sp³-hybridized carbons (Fsp3) is 0.786. The van der Waals surface area contributed by atoms with Crippen LogP contribution in [0.2, 0.25) is 0 Å². The largest absolute Gasteiger partial charge is 0.389 e. The molecule has 1 aromatic heterocycles. The SMILES string of the molecule is Cc1csc(C(C)NCC(O)COC2CCCC2)n1. The van der Waals surface area contributed by atoms with Crippen LogP contribution in [0.4, 0.5) is 0 Å². The summed E-state index contributed by atoms with van der Waals surface area (Å²) in [5.74, 6) is 0. The van der Waals surface area contributed by atoms with Gasteiger partial charge in [0.05, 0.1) is 24.9 Å². The topological polar surface area (TPSA) is 54.4 Å². The second-order valence-electron chi connectivity index (χ2n) is 5.35. The van der Waals surface area contributed by atoms with E-state index in [1.165, 1.54) is 12.8 Å². The van der Waals surface area contributed by atoms with Crippen LogP contribution < -0.4 is 5.32 Å². The van der Waals surface area contributed by atoms with Crippen LogP contribution in [-0.4, -0.2) is 35.5 Å². The molecule has 0 amide bonds. The normalized spacial score (nSPS) is 19.7. The number of aliphatic hydroxyl groups is 1. The van der Waals surface area contributed by atoms with E-state index < -0.39 is 6.10 Å². The number of aromatic nitrogens is 1. The second-order valence-corrected chi connectivity index (χ2v) is 6.24. The van der Waals surface area contributed by atoms with Crippen molar-refractivity contribution in [3.05, 3.63) is 16.1 Å². The van der Waals surface area contributed by atoms with Crippen molar-refractivity contribution in [2.45, 2.75) is 57.8 Å². The molecule has 2 atom stereocenters. The van der Waals surface area contributed by atoms with Gasteiger partial charge >= 0.3 is 0 Å². The number of rotatable bonds is 7. The van der Waals surface area contributed by atoms with Crippen molar-refractivity contribution in [1.82, 2.24) is 10.3 Å². The molecule has 1 aliphatic carbocycles. The molecule has 2 unspecified atom stereocenters. The van der Waals surface area contributed by atoms with Gasteiger partial charge in [0.2, 0.25) is 0 Å². The van der Waals surface area contributed by atoms with E-state index in [9.17, 15) is 5.11 Å². The predicted octanol–water partition coefficient (Wildman–Crippen LogP) is 2.42. The van der Waals surface area contributed by atoms with Crippen molar-refractivity contribution in [2.24, 2.45) is 0 Å². The Balaban J connectivity index is 1.63.